The van der Waals surface area contributed by atoms with Crippen LogP contribution in [-0.4, -0.2) is 27.6 Å². The molecule has 1 aromatic rings. The predicted octanol–water partition coefficient (Wildman–Crippen LogP) is 0.566. The molecule has 0 spiro atoms. The van der Waals surface area contributed by atoms with Gasteiger partial charge in [0.1, 0.15) is 5.57 Å². The van der Waals surface area contributed by atoms with Gasteiger partial charge in [-0.1, -0.05) is 30.3 Å². The number of Topliss-reactive ketones (excluding diaryl/α,β-unsaturated/α-hetero) is 1. The van der Waals surface area contributed by atoms with Gasteiger partial charge in [-0.05, 0) is 5.56 Å². The molecule has 1 heterocycles. The third-order valence-electron chi connectivity index (χ3n) is 2.47. The first-order chi connectivity index (χ1) is 8.15. The Hall–Kier alpha value is -2.43. The van der Waals surface area contributed by atoms with Crippen LogP contribution in [0.1, 0.15) is 5.56 Å². The average molecular weight is 231 g/mol. The van der Waals surface area contributed by atoms with Crippen molar-refractivity contribution in [3.8, 4) is 0 Å². The number of hydrogen-bond acceptors (Lipinski definition) is 4. The van der Waals surface area contributed by atoms with Gasteiger partial charge in [-0.15, -0.1) is 0 Å². The summed E-state index contributed by atoms with van der Waals surface area (Å²) >= 11 is 0. The Morgan fingerprint density at radius 1 is 1.06 bits per heavy atom. The fraction of sp³-hybridized carbons (Fsp3) is 0.0833. The molecule has 1 aliphatic rings. The van der Waals surface area contributed by atoms with Crippen LogP contribution in [0.4, 0.5) is 0 Å². The Labute approximate surface area is 97.0 Å². The van der Waals surface area contributed by atoms with E-state index in [1.807, 2.05) is 0 Å². The van der Waals surface area contributed by atoms with E-state index in [4.69, 9.17) is 5.11 Å². The van der Waals surface area contributed by atoms with Gasteiger partial charge in [0.25, 0.3) is 11.7 Å². The summed E-state index contributed by atoms with van der Waals surface area (Å²) in [4.78, 5) is 35.2. The summed E-state index contributed by atoms with van der Waals surface area (Å²) in [6.07, 6.45) is 0.382. The molecule has 0 radical (unpaired) electrons. The van der Waals surface area contributed by atoms with Crippen molar-refractivity contribution in [2.45, 2.75) is 6.54 Å². The van der Waals surface area contributed by atoms with Gasteiger partial charge in [0.05, 0.1) is 12.8 Å². The number of benzene rings is 1. The topological polar surface area (TPSA) is 74.7 Å². The number of aliphatic hydroxyl groups is 1. The molecular formula is C12H9NO4. The smallest absolute Gasteiger partial charge is 0.302 e. The van der Waals surface area contributed by atoms with E-state index in [9.17, 15) is 14.4 Å². The SMILES string of the molecule is O=C1C(=O)N(Cc2ccccc2)C(=O)C1=CO. The van der Waals surface area contributed by atoms with Crippen LogP contribution in [0.25, 0.3) is 0 Å². The van der Waals surface area contributed by atoms with E-state index in [1.54, 1.807) is 30.3 Å². The Balaban J connectivity index is 2.26. The number of aliphatic hydroxyl groups excluding tert-OH is 1. The lowest BCUT2D eigenvalue weighted by molar-refractivity contribution is -0.143. The molecule has 86 valence electrons. The molecule has 5 heteroatoms. The normalized spacial score (nSPS) is 18.2. The number of rotatable bonds is 2. The van der Waals surface area contributed by atoms with Gasteiger partial charge in [-0.2, -0.15) is 0 Å². The molecular weight excluding hydrogens is 222 g/mol. The van der Waals surface area contributed by atoms with E-state index >= 15 is 0 Å². The van der Waals surface area contributed by atoms with Crippen LogP contribution in [0, 0.1) is 0 Å². The summed E-state index contributed by atoms with van der Waals surface area (Å²) in [6, 6.07) is 8.83. The minimum absolute atomic E-state index is 0.0294. The second-order valence-electron chi connectivity index (χ2n) is 3.55. The zero-order valence-corrected chi connectivity index (χ0v) is 8.79. The zero-order chi connectivity index (χ0) is 12.4. The Morgan fingerprint density at radius 2 is 1.71 bits per heavy atom. The van der Waals surface area contributed by atoms with Crippen molar-refractivity contribution in [2.24, 2.45) is 0 Å². The molecule has 17 heavy (non-hydrogen) atoms. The first-order valence-corrected chi connectivity index (χ1v) is 4.94. The zero-order valence-electron chi connectivity index (χ0n) is 8.79. The van der Waals surface area contributed by atoms with Crippen molar-refractivity contribution >= 4 is 17.6 Å². The highest BCUT2D eigenvalue weighted by Crippen LogP contribution is 2.17. The highest BCUT2D eigenvalue weighted by Gasteiger charge is 2.42. The third kappa shape index (κ3) is 1.82. The number of carbonyl (C=O) groups excluding carboxylic acids is 3. The Bertz CT molecular complexity index is 519. The molecule has 1 aliphatic heterocycles. The second kappa shape index (κ2) is 4.21. The van der Waals surface area contributed by atoms with Crippen LogP contribution >= 0.6 is 0 Å². The van der Waals surface area contributed by atoms with Crippen LogP contribution in [0.3, 0.4) is 0 Å². The lowest BCUT2D eigenvalue weighted by atomic mass is 10.2. The molecule has 1 aromatic carbocycles. The van der Waals surface area contributed by atoms with Gasteiger partial charge in [0.15, 0.2) is 0 Å². The minimum atomic E-state index is -0.964. The Morgan fingerprint density at radius 3 is 2.24 bits per heavy atom. The van der Waals surface area contributed by atoms with Gasteiger partial charge in [0, 0.05) is 0 Å². The molecule has 0 aliphatic carbocycles. The highest BCUT2D eigenvalue weighted by molar-refractivity contribution is 6.56. The number of likely N-dealkylation sites (tertiary alicyclic amines) is 1. The second-order valence-corrected chi connectivity index (χ2v) is 3.55. The lowest BCUT2D eigenvalue weighted by Crippen LogP contribution is -2.30. The monoisotopic (exact) mass is 231 g/mol. The standard InChI is InChI=1S/C12H9NO4/c14-7-9-10(15)12(17)13(11(9)16)6-8-4-2-1-3-5-8/h1-5,7,14H,6H2. The van der Waals surface area contributed by atoms with E-state index in [0.717, 1.165) is 10.5 Å². The largest absolute Gasteiger partial charge is 0.515 e. The van der Waals surface area contributed by atoms with E-state index < -0.39 is 23.2 Å². The average Bonchev–Trinajstić information content (AvgIpc) is 2.55. The van der Waals surface area contributed by atoms with Crippen molar-refractivity contribution in [1.82, 2.24) is 4.90 Å². The van der Waals surface area contributed by atoms with Gasteiger partial charge in [0.2, 0.25) is 0 Å². The van der Waals surface area contributed by atoms with Crippen molar-refractivity contribution in [2.75, 3.05) is 0 Å². The molecule has 5 nitrogen and oxygen atoms in total. The van der Waals surface area contributed by atoms with Crippen LogP contribution in [0.5, 0.6) is 0 Å². The molecule has 2 rings (SSSR count). The maximum Gasteiger partial charge on any atom is 0.302 e. The van der Waals surface area contributed by atoms with E-state index in [2.05, 4.69) is 0 Å². The molecule has 0 atom stereocenters. The summed E-state index contributed by atoms with van der Waals surface area (Å²) in [6.45, 7) is 0.0294. The molecule has 1 N–H and O–H groups in total. The fourth-order valence-corrected chi connectivity index (χ4v) is 1.60. The van der Waals surface area contributed by atoms with Crippen LogP contribution in [0.2, 0.25) is 0 Å². The molecule has 2 amide bonds. The van der Waals surface area contributed by atoms with Gasteiger partial charge >= 0.3 is 5.91 Å². The van der Waals surface area contributed by atoms with E-state index in [-0.39, 0.29) is 6.54 Å². The number of hydrogen-bond donors (Lipinski definition) is 1. The van der Waals surface area contributed by atoms with Crippen molar-refractivity contribution < 1.29 is 19.5 Å². The Kier molecular flexibility index (Phi) is 2.74. The molecule has 1 saturated heterocycles. The number of imide groups is 1. The highest BCUT2D eigenvalue weighted by atomic mass is 16.2. The lowest BCUT2D eigenvalue weighted by Gasteiger charge is -2.11. The summed E-state index contributed by atoms with van der Waals surface area (Å²) < 4.78 is 0. The number of carbonyl (C=O) groups is 3. The number of amides is 2. The van der Waals surface area contributed by atoms with Gasteiger partial charge < -0.3 is 5.11 Å². The third-order valence-corrected chi connectivity index (χ3v) is 2.47. The number of nitrogens with zero attached hydrogens (tertiary/aromatic N) is 1. The summed E-state index contributed by atoms with van der Waals surface area (Å²) in [5.74, 6) is -2.63. The molecule has 0 aromatic heterocycles. The molecule has 0 saturated carbocycles. The van der Waals surface area contributed by atoms with E-state index in [1.165, 1.54) is 0 Å². The number of ketones is 1. The van der Waals surface area contributed by atoms with Crippen LogP contribution in [0.15, 0.2) is 42.2 Å². The maximum atomic E-state index is 11.6. The molecule has 0 bridgehead atoms. The fourth-order valence-electron chi connectivity index (χ4n) is 1.60. The van der Waals surface area contributed by atoms with Crippen molar-refractivity contribution in [3.63, 3.8) is 0 Å². The maximum absolute atomic E-state index is 11.6. The van der Waals surface area contributed by atoms with E-state index in [0.29, 0.717) is 6.26 Å². The summed E-state index contributed by atoms with van der Waals surface area (Å²) in [7, 11) is 0. The van der Waals surface area contributed by atoms with Crippen molar-refractivity contribution in [1.29, 1.82) is 0 Å². The first-order valence-electron chi connectivity index (χ1n) is 4.94. The van der Waals surface area contributed by atoms with Crippen molar-refractivity contribution in [3.05, 3.63) is 47.7 Å². The summed E-state index contributed by atoms with van der Waals surface area (Å²) in [5, 5.41) is 8.73. The van der Waals surface area contributed by atoms with Crippen LogP contribution < -0.4 is 0 Å². The first kappa shape index (κ1) is 11.1. The van der Waals surface area contributed by atoms with Crippen LogP contribution in [-0.2, 0) is 20.9 Å². The minimum Gasteiger partial charge on any atom is -0.515 e. The quantitative estimate of drug-likeness (QED) is 0.265. The summed E-state index contributed by atoms with van der Waals surface area (Å²) in [5.41, 5.74) is 0.257. The van der Waals surface area contributed by atoms with Gasteiger partial charge in [-0.25, -0.2) is 0 Å². The van der Waals surface area contributed by atoms with Gasteiger partial charge in [-0.3, -0.25) is 19.3 Å². The molecule has 0 unspecified atom stereocenters. The molecule has 1 fully saturated rings. The predicted molar refractivity (Wildman–Crippen MR) is 57.7 cm³/mol.